The third-order valence-electron chi connectivity index (χ3n) is 3.13. The van der Waals surface area contributed by atoms with E-state index in [1.165, 1.54) is 5.56 Å². The summed E-state index contributed by atoms with van der Waals surface area (Å²) in [5, 5.41) is 1.11. The molecular formula is C15H13IN2O. The van der Waals surface area contributed by atoms with Crippen LogP contribution in [0.15, 0.2) is 42.7 Å². The first-order valence-electron chi connectivity index (χ1n) is 5.98. The van der Waals surface area contributed by atoms with Crippen LogP contribution in [0.25, 0.3) is 22.2 Å². The predicted molar refractivity (Wildman–Crippen MR) is 85.8 cm³/mol. The van der Waals surface area contributed by atoms with Crippen LogP contribution in [0.4, 0.5) is 0 Å². The topological polar surface area (TPSA) is 37.9 Å². The maximum Gasteiger partial charge on any atom is 0.137 e. The Bertz CT molecular complexity index is 721. The first kappa shape index (κ1) is 12.5. The summed E-state index contributed by atoms with van der Waals surface area (Å²) in [6.45, 7) is 0. The molecule has 4 heteroatoms. The Hall–Kier alpha value is -1.56. The molecule has 0 aliphatic rings. The van der Waals surface area contributed by atoms with E-state index in [0.717, 1.165) is 32.3 Å². The van der Waals surface area contributed by atoms with Crippen molar-refractivity contribution in [1.29, 1.82) is 0 Å². The standard InChI is InChI=1S/C15H13IN2O/c1-19-14-3-2-10(8-16)6-13(14)12-7-11-4-5-17-15(11)18-9-12/h2-7,9H,8H2,1H3,(H,17,18). The average Bonchev–Trinajstić information content (AvgIpc) is 2.93. The zero-order valence-electron chi connectivity index (χ0n) is 10.5. The van der Waals surface area contributed by atoms with Gasteiger partial charge in [-0.1, -0.05) is 28.7 Å². The number of nitrogens with zero attached hydrogens (tertiary/aromatic N) is 1. The number of rotatable bonds is 3. The maximum absolute atomic E-state index is 5.45. The Balaban J connectivity index is 2.18. The molecule has 0 spiro atoms. The summed E-state index contributed by atoms with van der Waals surface area (Å²) in [6, 6.07) is 10.4. The number of benzene rings is 1. The molecule has 19 heavy (non-hydrogen) atoms. The van der Waals surface area contributed by atoms with Gasteiger partial charge in [0, 0.05) is 33.3 Å². The molecule has 1 aromatic carbocycles. The fourth-order valence-corrected chi connectivity index (χ4v) is 2.63. The lowest BCUT2D eigenvalue weighted by atomic mass is 10.0. The number of halogens is 1. The minimum Gasteiger partial charge on any atom is -0.496 e. The highest BCUT2D eigenvalue weighted by Crippen LogP contribution is 2.32. The molecule has 0 saturated carbocycles. The van der Waals surface area contributed by atoms with Gasteiger partial charge in [-0.15, -0.1) is 0 Å². The first-order chi connectivity index (χ1) is 9.31. The minimum atomic E-state index is 0.880. The van der Waals surface area contributed by atoms with E-state index in [9.17, 15) is 0 Å². The SMILES string of the molecule is COc1ccc(CI)cc1-c1cnc2[nH]ccc2c1. The highest BCUT2D eigenvalue weighted by Gasteiger charge is 2.08. The second kappa shape index (κ2) is 5.21. The summed E-state index contributed by atoms with van der Waals surface area (Å²) >= 11 is 2.36. The first-order valence-corrected chi connectivity index (χ1v) is 7.51. The van der Waals surface area contributed by atoms with Crippen molar-refractivity contribution in [3.8, 4) is 16.9 Å². The van der Waals surface area contributed by atoms with Crippen LogP contribution in [0.2, 0.25) is 0 Å². The normalized spacial score (nSPS) is 10.8. The molecule has 3 rings (SSSR count). The summed E-state index contributed by atoms with van der Waals surface area (Å²) in [6.07, 6.45) is 3.79. The highest BCUT2D eigenvalue weighted by atomic mass is 127. The summed E-state index contributed by atoms with van der Waals surface area (Å²) in [5.41, 5.74) is 4.36. The molecule has 0 fully saturated rings. The van der Waals surface area contributed by atoms with Gasteiger partial charge in [-0.05, 0) is 29.8 Å². The molecule has 0 saturated heterocycles. The number of ether oxygens (including phenoxy) is 1. The van der Waals surface area contributed by atoms with E-state index in [0.29, 0.717) is 0 Å². The Kier molecular flexibility index (Phi) is 3.42. The third-order valence-corrected chi connectivity index (χ3v) is 4.01. The number of H-pyrrole nitrogens is 1. The number of fused-ring (bicyclic) bond motifs is 1. The van der Waals surface area contributed by atoms with Crippen molar-refractivity contribution in [2.75, 3.05) is 7.11 Å². The van der Waals surface area contributed by atoms with Crippen LogP contribution >= 0.6 is 22.6 Å². The fraction of sp³-hybridized carbons (Fsp3) is 0.133. The van der Waals surface area contributed by atoms with Crippen molar-refractivity contribution in [3.63, 3.8) is 0 Å². The van der Waals surface area contributed by atoms with Gasteiger partial charge in [-0.2, -0.15) is 0 Å². The number of nitrogens with one attached hydrogen (secondary N) is 1. The van der Waals surface area contributed by atoms with Gasteiger partial charge in [0.15, 0.2) is 0 Å². The molecule has 0 aliphatic heterocycles. The minimum absolute atomic E-state index is 0.880. The Morgan fingerprint density at radius 2 is 2.16 bits per heavy atom. The van der Waals surface area contributed by atoms with Gasteiger partial charge in [0.2, 0.25) is 0 Å². The van der Waals surface area contributed by atoms with E-state index in [1.807, 2.05) is 24.5 Å². The van der Waals surface area contributed by atoms with Crippen molar-refractivity contribution in [2.45, 2.75) is 4.43 Å². The van der Waals surface area contributed by atoms with Crippen LogP contribution in [0.5, 0.6) is 5.75 Å². The molecule has 0 radical (unpaired) electrons. The van der Waals surface area contributed by atoms with E-state index < -0.39 is 0 Å². The van der Waals surface area contributed by atoms with Crippen LogP contribution in [-0.4, -0.2) is 17.1 Å². The van der Waals surface area contributed by atoms with Gasteiger partial charge in [0.25, 0.3) is 0 Å². The molecule has 0 bridgehead atoms. The van der Waals surface area contributed by atoms with Crippen LogP contribution in [-0.2, 0) is 4.43 Å². The fourth-order valence-electron chi connectivity index (χ4n) is 2.15. The number of aromatic nitrogens is 2. The second-order valence-corrected chi connectivity index (χ2v) is 5.07. The third kappa shape index (κ3) is 2.32. The lowest BCUT2D eigenvalue weighted by molar-refractivity contribution is 0.416. The Labute approximate surface area is 125 Å². The van der Waals surface area contributed by atoms with Gasteiger partial charge in [0.05, 0.1) is 7.11 Å². The van der Waals surface area contributed by atoms with E-state index in [-0.39, 0.29) is 0 Å². The Morgan fingerprint density at radius 3 is 2.95 bits per heavy atom. The quantitative estimate of drug-likeness (QED) is 0.560. The number of hydrogen-bond donors (Lipinski definition) is 1. The van der Waals surface area contributed by atoms with Gasteiger partial charge in [0.1, 0.15) is 11.4 Å². The molecule has 0 atom stereocenters. The van der Waals surface area contributed by atoms with Gasteiger partial charge < -0.3 is 9.72 Å². The van der Waals surface area contributed by atoms with Gasteiger partial charge in [-0.3, -0.25) is 0 Å². The highest BCUT2D eigenvalue weighted by molar-refractivity contribution is 14.1. The molecule has 2 heterocycles. The number of pyridine rings is 1. The van der Waals surface area contributed by atoms with Crippen LogP contribution in [0.1, 0.15) is 5.56 Å². The molecule has 0 aliphatic carbocycles. The molecule has 1 N–H and O–H groups in total. The largest absolute Gasteiger partial charge is 0.496 e. The number of aromatic amines is 1. The van der Waals surface area contributed by atoms with E-state index in [2.05, 4.69) is 50.8 Å². The maximum atomic E-state index is 5.45. The van der Waals surface area contributed by atoms with Crippen molar-refractivity contribution in [3.05, 3.63) is 48.3 Å². The van der Waals surface area contributed by atoms with E-state index in [1.54, 1.807) is 7.11 Å². The zero-order valence-corrected chi connectivity index (χ0v) is 12.6. The molecular weight excluding hydrogens is 351 g/mol. The molecule has 3 nitrogen and oxygen atoms in total. The molecule has 0 amide bonds. The van der Waals surface area contributed by atoms with Crippen LogP contribution in [0, 0.1) is 0 Å². The van der Waals surface area contributed by atoms with Gasteiger partial charge >= 0.3 is 0 Å². The average molecular weight is 364 g/mol. The molecule has 3 aromatic rings. The second-order valence-electron chi connectivity index (χ2n) is 4.31. The van der Waals surface area contributed by atoms with Crippen molar-refractivity contribution in [1.82, 2.24) is 9.97 Å². The molecule has 2 aromatic heterocycles. The number of methoxy groups -OCH3 is 1. The Morgan fingerprint density at radius 1 is 1.26 bits per heavy atom. The summed E-state index contributed by atoms with van der Waals surface area (Å²) in [5.74, 6) is 0.880. The number of hydrogen-bond acceptors (Lipinski definition) is 2. The molecule has 0 unspecified atom stereocenters. The van der Waals surface area contributed by atoms with E-state index in [4.69, 9.17) is 4.74 Å². The van der Waals surface area contributed by atoms with Crippen LogP contribution < -0.4 is 4.74 Å². The predicted octanol–water partition coefficient (Wildman–Crippen LogP) is 4.17. The smallest absolute Gasteiger partial charge is 0.137 e. The summed E-state index contributed by atoms with van der Waals surface area (Å²) in [7, 11) is 1.70. The monoisotopic (exact) mass is 364 g/mol. The number of alkyl halides is 1. The van der Waals surface area contributed by atoms with Crippen molar-refractivity contribution >= 4 is 33.6 Å². The van der Waals surface area contributed by atoms with Crippen molar-refractivity contribution in [2.24, 2.45) is 0 Å². The van der Waals surface area contributed by atoms with E-state index >= 15 is 0 Å². The summed E-state index contributed by atoms with van der Waals surface area (Å²) < 4.78 is 6.44. The lowest BCUT2D eigenvalue weighted by Gasteiger charge is -2.10. The van der Waals surface area contributed by atoms with Crippen molar-refractivity contribution < 1.29 is 4.74 Å². The summed E-state index contributed by atoms with van der Waals surface area (Å²) in [4.78, 5) is 7.54. The molecule has 96 valence electrons. The van der Waals surface area contributed by atoms with Gasteiger partial charge in [-0.25, -0.2) is 4.98 Å². The zero-order chi connectivity index (χ0) is 13.2. The van der Waals surface area contributed by atoms with Crippen LogP contribution in [0.3, 0.4) is 0 Å². The lowest BCUT2D eigenvalue weighted by Crippen LogP contribution is -1.90.